The maximum Gasteiger partial charge on any atom is 0.573 e. The van der Waals surface area contributed by atoms with Crippen molar-refractivity contribution in [2.45, 2.75) is 57.3 Å². The van der Waals surface area contributed by atoms with Gasteiger partial charge in [-0.2, -0.15) is 0 Å². The molecule has 5 heteroatoms. The summed E-state index contributed by atoms with van der Waals surface area (Å²) in [7, 11) is 0. The third kappa shape index (κ3) is 4.13. The number of rotatable bonds is 3. The van der Waals surface area contributed by atoms with Gasteiger partial charge >= 0.3 is 6.36 Å². The van der Waals surface area contributed by atoms with Crippen LogP contribution in [0, 0.1) is 5.92 Å². The second-order valence-electron chi connectivity index (χ2n) is 5.91. The Bertz CT molecular complexity index is 475. The van der Waals surface area contributed by atoms with Gasteiger partial charge in [0.2, 0.25) is 0 Å². The van der Waals surface area contributed by atoms with Crippen molar-refractivity contribution in [3.63, 3.8) is 0 Å². The van der Waals surface area contributed by atoms with Gasteiger partial charge in [0.15, 0.2) is 0 Å². The molecule has 0 aromatic heterocycles. The van der Waals surface area contributed by atoms with E-state index in [1.807, 2.05) is 0 Å². The Morgan fingerprint density at radius 3 is 2.62 bits per heavy atom. The van der Waals surface area contributed by atoms with Crippen LogP contribution in [0.3, 0.4) is 0 Å². The summed E-state index contributed by atoms with van der Waals surface area (Å²) in [6.07, 6.45) is 0.784. The van der Waals surface area contributed by atoms with Crippen molar-refractivity contribution in [3.05, 3.63) is 29.8 Å². The lowest BCUT2D eigenvalue weighted by molar-refractivity contribution is -0.275. The number of nitrogens with two attached hydrogens (primary N) is 1. The smallest absolute Gasteiger partial charge is 0.405 e. The van der Waals surface area contributed by atoms with Crippen molar-refractivity contribution in [1.29, 1.82) is 0 Å². The molecule has 2 atom stereocenters. The monoisotopic (exact) mass is 301 g/mol. The van der Waals surface area contributed by atoms with Crippen LogP contribution in [0.15, 0.2) is 24.3 Å². The van der Waals surface area contributed by atoms with E-state index < -0.39 is 11.9 Å². The summed E-state index contributed by atoms with van der Waals surface area (Å²) in [6.45, 7) is 2.15. The number of benzene rings is 1. The van der Waals surface area contributed by atoms with Crippen molar-refractivity contribution in [1.82, 2.24) is 0 Å². The summed E-state index contributed by atoms with van der Waals surface area (Å²) in [5, 5.41) is 0. The zero-order valence-electron chi connectivity index (χ0n) is 12.2. The van der Waals surface area contributed by atoms with E-state index in [0.29, 0.717) is 24.3 Å². The Balaban J connectivity index is 2.27. The van der Waals surface area contributed by atoms with Crippen molar-refractivity contribution >= 4 is 0 Å². The van der Waals surface area contributed by atoms with Crippen LogP contribution < -0.4 is 10.5 Å². The highest BCUT2D eigenvalue weighted by Crippen LogP contribution is 2.41. The van der Waals surface area contributed by atoms with Crippen molar-refractivity contribution < 1.29 is 17.9 Å². The zero-order valence-corrected chi connectivity index (χ0v) is 12.2. The largest absolute Gasteiger partial charge is 0.573 e. The normalized spacial score (nSPS) is 27.2. The fourth-order valence-electron chi connectivity index (χ4n) is 3.21. The molecule has 0 radical (unpaired) electrons. The quantitative estimate of drug-likeness (QED) is 0.819. The molecule has 118 valence electrons. The molecule has 1 aromatic rings. The minimum absolute atomic E-state index is 0.164. The van der Waals surface area contributed by atoms with Crippen LogP contribution in [0.1, 0.15) is 51.0 Å². The average molecular weight is 301 g/mol. The summed E-state index contributed by atoms with van der Waals surface area (Å²) < 4.78 is 41.8. The Kier molecular flexibility index (Phi) is 4.81. The highest BCUT2D eigenvalue weighted by Gasteiger charge is 2.37. The molecule has 1 aliphatic carbocycles. The van der Waals surface area contributed by atoms with Gasteiger partial charge in [-0.25, -0.2) is 0 Å². The van der Waals surface area contributed by atoms with Gasteiger partial charge in [-0.3, -0.25) is 0 Å². The first-order valence-corrected chi connectivity index (χ1v) is 7.48. The van der Waals surface area contributed by atoms with Crippen LogP contribution in [-0.4, -0.2) is 6.36 Å². The Hall–Kier alpha value is -1.23. The van der Waals surface area contributed by atoms with Gasteiger partial charge in [-0.05, 0) is 31.2 Å². The molecule has 0 aliphatic heterocycles. The second kappa shape index (κ2) is 6.26. The predicted molar refractivity (Wildman–Crippen MR) is 75.9 cm³/mol. The molecule has 0 bridgehead atoms. The van der Waals surface area contributed by atoms with E-state index in [2.05, 4.69) is 11.7 Å². The molecule has 0 spiro atoms. The summed E-state index contributed by atoms with van der Waals surface area (Å²) >= 11 is 0. The van der Waals surface area contributed by atoms with Gasteiger partial charge < -0.3 is 10.5 Å². The minimum Gasteiger partial charge on any atom is -0.405 e. The van der Waals surface area contributed by atoms with E-state index in [0.717, 1.165) is 25.7 Å². The molecule has 1 aliphatic rings. The van der Waals surface area contributed by atoms with Gasteiger partial charge in [0, 0.05) is 11.1 Å². The van der Waals surface area contributed by atoms with Gasteiger partial charge in [0.05, 0.1) is 0 Å². The van der Waals surface area contributed by atoms with Crippen LogP contribution >= 0.6 is 0 Å². The first-order valence-electron chi connectivity index (χ1n) is 7.48. The predicted octanol–water partition coefficient (Wildman–Crippen LogP) is 4.73. The molecule has 0 amide bonds. The van der Waals surface area contributed by atoms with E-state index in [9.17, 15) is 13.2 Å². The Morgan fingerprint density at radius 2 is 1.95 bits per heavy atom. The lowest BCUT2D eigenvalue weighted by Gasteiger charge is -2.30. The molecule has 2 rings (SSSR count). The highest BCUT2D eigenvalue weighted by atomic mass is 19.4. The lowest BCUT2D eigenvalue weighted by Crippen LogP contribution is -2.37. The molecule has 2 nitrogen and oxygen atoms in total. The maximum absolute atomic E-state index is 12.5. The zero-order chi connectivity index (χ0) is 15.5. The summed E-state index contributed by atoms with van der Waals surface area (Å²) in [5.41, 5.74) is 6.21. The third-order valence-corrected chi connectivity index (χ3v) is 4.46. The van der Waals surface area contributed by atoms with Gasteiger partial charge in [-0.15, -0.1) is 13.2 Å². The second-order valence-corrected chi connectivity index (χ2v) is 5.91. The molecule has 0 heterocycles. The maximum atomic E-state index is 12.5. The van der Waals surface area contributed by atoms with E-state index in [-0.39, 0.29) is 5.75 Å². The van der Waals surface area contributed by atoms with Gasteiger partial charge in [0.25, 0.3) is 0 Å². The summed E-state index contributed by atoms with van der Waals surface area (Å²) in [4.78, 5) is 0. The Labute approximate surface area is 123 Å². The minimum atomic E-state index is -4.69. The Morgan fingerprint density at radius 1 is 1.24 bits per heavy atom. The number of halogens is 3. The number of ether oxygens (including phenoxy) is 1. The first kappa shape index (κ1) is 16.1. The molecule has 1 fully saturated rings. The number of hydrogen-bond acceptors (Lipinski definition) is 2. The average Bonchev–Trinajstić information content (AvgIpc) is 2.60. The molecular weight excluding hydrogens is 279 g/mol. The SMILES string of the molecule is CCC1CCCC(N)(c2ccccc2OC(F)(F)F)CC1. The number of para-hydroxylation sites is 1. The molecule has 21 heavy (non-hydrogen) atoms. The number of alkyl halides is 3. The topological polar surface area (TPSA) is 35.2 Å². The van der Waals surface area contributed by atoms with Crippen molar-refractivity contribution in [2.75, 3.05) is 0 Å². The van der Waals surface area contributed by atoms with Crippen LogP contribution in [-0.2, 0) is 5.54 Å². The van der Waals surface area contributed by atoms with Crippen molar-refractivity contribution in [2.24, 2.45) is 11.7 Å². The van der Waals surface area contributed by atoms with E-state index in [4.69, 9.17) is 5.73 Å². The molecule has 1 saturated carbocycles. The summed E-state index contributed by atoms with van der Waals surface area (Å²) in [6, 6.07) is 6.27. The fraction of sp³-hybridized carbons (Fsp3) is 0.625. The molecule has 0 saturated heterocycles. The van der Waals surface area contributed by atoms with Crippen LogP contribution in [0.4, 0.5) is 13.2 Å². The first-order chi connectivity index (χ1) is 9.84. The summed E-state index contributed by atoms with van der Waals surface area (Å²) in [5.74, 6) is 0.452. The third-order valence-electron chi connectivity index (χ3n) is 4.46. The van der Waals surface area contributed by atoms with Gasteiger partial charge in [0.1, 0.15) is 5.75 Å². The van der Waals surface area contributed by atoms with E-state index >= 15 is 0 Å². The number of hydrogen-bond donors (Lipinski definition) is 1. The van der Waals surface area contributed by atoms with Crippen LogP contribution in [0.25, 0.3) is 0 Å². The standard InChI is InChI=1S/C16H22F3NO/c1-2-12-6-5-10-15(20,11-9-12)13-7-3-4-8-14(13)21-16(17,18)19/h3-4,7-8,12H,2,5-6,9-11,20H2,1H3. The molecule has 1 aromatic carbocycles. The van der Waals surface area contributed by atoms with Gasteiger partial charge in [-0.1, -0.05) is 44.4 Å². The highest BCUT2D eigenvalue weighted by molar-refractivity contribution is 5.39. The van der Waals surface area contributed by atoms with Crippen molar-refractivity contribution in [3.8, 4) is 5.75 Å². The van der Waals surface area contributed by atoms with Crippen LogP contribution in [0.5, 0.6) is 5.75 Å². The van der Waals surface area contributed by atoms with E-state index in [1.54, 1.807) is 18.2 Å². The molecule has 2 unspecified atom stereocenters. The van der Waals surface area contributed by atoms with E-state index in [1.165, 1.54) is 6.07 Å². The fourth-order valence-corrected chi connectivity index (χ4v) is 3.21. The lowest BCUT2D eigenvalue weighted by atomic mass is 9.83. The molecule has 2 N–H and O–H groups in total. The van der Waals surface area contributed by atoms with Crippen LogP contribution in [0.2, 0.25) is 0 Å². The molecular formula is C16H22F3NO.